The first-order valence-corrected chi connectivity index (χ1v) is 7.24. The number of hydrazine groups is 1. The van der Waals surface area contributed by atoms with Crippen LogP contribution in [-0.2, 0) is 6.54 Å². The zero-order valence-corrected chi connectivity index (χ0v) is 13.3. The lowest BCUT2D eigenvalue weighted by atomic mass is 10.2. The van der Waals surface area contributed by atoms with Crippen LogP contribution in [0.4, 0.5) is 18.9 Å². The van der Waals surface area contributed by atoms with Crippen molar-refractivity contribution in [1.82, 2.24) is 5.43 Å². The monoisotopic (exact) mass is 424 g/mol. The van der Waals surface area contributed by atoms with E-state index in [0.29, 0.717) is 0 Å². The number of hydrogen-bond acceptors (Lipinski definition) is 4. The van der Waals surface area contributed by atoms with Crippen molar-refractivity contribution in [2.75, 3.05) is 5.43 Å². The van der Waals surface area contributed by atoms with Gasteiger partial charge in [0.15, 0.2) is 0 Å². The molecule has 3 N–H and O–H groups in total. The Kier molecular flexibility index (Phi) is 5.35. The van der Waals surface area contributed by atoms with Crippen molar-refractivity contribution in [3.63, 3.8) is 0 Å². The fraction of sp³-hybridized carbons (Fsp3) is 0.143. The smallest absolute Gasteiger partial charge is 0.507 e. The van der Waals surface area contributed by atoms with Gasteiger partial charge < -0.3 is 15.3 Å². The van der Waals surface area contributed by atoms with Crippen molar-refractivity contribution < 1.29 is 23.0 Å². The lowest BCUT2D eigenvalue weighted by molar-refractivity contribution is -0.274. The number of anilines is 1. The molecule has 0 aliphatic heterocycles. The van der Waals surface area contributed by atoms with Gasteiger partial charge in [-0.05, 0) is 46.9 Å². The first-order chi connectivity index (χ1) is 10.3. The molecule has 118 valence electrons. The van der Waals surface area contributed by atoms with E-state index in [9.17, 15) is 18.3 Å². The maximum Gasteiger partial charge on any atom is 0.573 e. The third-order valence-corrected chi connectivity index (χ3v) is 3.46. The van der Waals surface area contributed by atoms with Gasteiger partial charge in [-0.2, -0.15) is 0 Å². The molecule has 2 rings (SSSR count). The lowest BCUT2D eigenvalue weighted by Crippen LogP contribution is -2.21. The molecule has 0 saturated heterocycles. The van der Waals surface area contributed by atoms with E-state index >= 15 is 0 Å². The number of hydrogen-bond donors (Lipinski definition) is 3. The maximum atomic E-state index is 12.3. The highest BCUT2D eigenvalue weighted by atomic mass is 127. The van der Waals surface area contributed by atoms with Gasteiger partial charge in [-0.3, -0.25) is 0 Å². The van der Waals surface area contributed by atoms with Gasteiger partial charge in [0.25, 0.3) is 0 Å². The van der Waals surface area contributed by atoms with Crippen LogP contribution in [0, 0.1) is 3.57 Å². The van der Waals surface area contributed by atoms with Crippen molar-refractivity contribution >= 4 is 28.3 Å². The fourth-order valence-corrected chi connectivity index (χ4v) is 2.37. The van der Waals surface area contributed by atoms with E-state index in [1.165, 1.54) is 0 Å². The predicted octanol–water partition coefficient (Wildman–Crippen LogP) is 4.01. The van der Waals surface area contributed by atoms with E-state index in [0.717, 1.165) is 17.8 Å². The quantitative estimate of drug-likeness (QED) is 0.502. The molecule has 2 aromatic carbocycles. The molecule has 0 atom stereocenters. The number of rotatable bonds is 5. The molecule has 4 nitrogen and oxygen atoms in total. The molecule has 0 aliphatic rings. The summed E-state index contributed by atoms with van der Waals surface area (Å²) in [5, 5.41) is 9.91. The molecule has 8 heteroatoms. The van der Waals surface area contributed by atoms with Gasteiger partial charge in [-0.15, -0.1) is 13.2 Å². The van der Waals surface area contributed by atoms with Crippen molar-refractivity contribution in [3.05, 3.63) is 51.6 Å². The second-order valence-electron chi connectivity index (χ2n) is 4.31. The van der Waals surface area contributed by atoms with E-state index in [1.807, 2.05) is 30.3 Å². The summed E-state index contributed by atoms with van der Waals surface area (Å²) in [7, 11) is 0. The summed E-state index contributed by atoms with van der Waals surface area (Å²) in [5.74, 6) is -0.455. The average molecular weight is 424 g/mol. The molecule has 0 amide bonds. The van der Waals surface area contributed by atoms with Crippen molar-refractivity contribution in [2.45, 2.75) is 12.9 Å². The first kappa shape index (κ1) is 16.7. The Hall–Kier alpha value is -1.68. The third kappa shape index (κ3) is 4.95. The van der Waals surface area contributed by atoms with Crippen LogP contribution >= 0.6 is 22.6 Å². The lowest BCUT2D eigenvalue weighted by Gasteiger charge is -2.14. The number of halogens is 4. The van der Waals surface area contributed by atoms with Crippen LogP contribution in [0.1, 0.15) is 5.56 Å². The molecule has 0 aromatic heterocycles. The molecular weight excluding hydrogens is 412 g/mol. The largest absolute Gasteiger partial charge is 0.573 e. The van der Waals surface area contributed by atoms with Crippen LogP contribution < -0.4 is 15.6 Å². The summed E-state index contributed by atoms with van der Waals surface area (Å²) >= 11 is 1.74. The molecule has 0 heterocycles. The van der Waals surface area contributed by atoms with Gasteiger partial charge in [0, 0.05) is 17.8 Å². The summed E-state index contributed by atoms with van der Waals surface area (Å²) < 4.78 is 40.9. The van der Waals surface area contributed by atoms with Gasteiger partial charge in [-0.1, -0.05) is 18.2 Å². The van der Waals surface area contributed by atoms with Crippen molar-refractivity contribution in [2.24, 2.45) is 0 Å². The number of para-hydroxylation sites is 1. The standard InChI is InChI=1S/C14H12F3IN2O2/c15-14(16,17)22-11-6-9(13(21)12(18)7-11)8-19-20-10-4-2-1-3-5-10/h1-7,19-21H,8H2. The SMILES string of the molecule is Oc1c(I)cc(OC(F)(F)F)cc1CNNc1ccccc1. The Balaban J connectivity index is 2.06. The Morgan fingerprint density at radius 3 is 2.45 bits per heavy atom. The van der Waals surface area contributed by atoms with E-state index in [4.69, 9.17) is 0 Å². The highest BCUT2D eigenvalue weighted by molar-refractivity contribution is 14.1. The Bertz CT molecular complexity index is 636. The molecule has 0 fully saturated rings. The van der Waals surface area contributed by atoms with E-state index in [1.54, 1.807) is 22.6 Å². The van der Waals surface area contributed by atoms with E-state index in [-0.39, 0.29) is 27.2 Å². The van der Waals surface area contributed by atoms with Gasteiger partial charge in [0.2, 0.25) is 0 Å². The van der Waals surface area contributed by atoms with E-state index < -0.39 is 6.36 Å². The topological polar surface area (TPSA) is 53.5 Å². The first-order valence-electron chi connectivity index (χ1n) is 6.16. The molecule has 0 radical (unpaired) electrons. The minimum atomic E-state index is -4.77. The second kappa shape index (κ2) is 7.05. The number of aromatic hydroxyl groups is 1. The van der Waals surface area contributed by atoms with Crippen LogP contribution in [0.15, 0.2) is 42.5 Å². The number of ether oxygens (including phenoxy) is 1. The van der Waals surface area contributed by atoms with Crippen molar-refractivity contribution in [3.8, 4) is 11.5 Å². The number of alkyl halides is 3. The van der Waals surface area contributed by atoms with Crippen LogP contribution in [0.25, 0.3) is 0 Å². The molecule has 0 saturated carbocycles. The molecular formula is C14H12F3IN2O2. The maximum absolute atomic E-state index is 12.3. The predicted molar refractivity (Wildman–Crippen MR) is 84.4 cm³/mol. The number of benzene rings is 2. The molecule has 0 spiro atoms. The summed E-state index contributed by atoms with van der Waals surface area (Å²) in [5.41, 5.74) is 6.78. The Morgan fingerprint density at radius 2 is 1.82 bits per heavy atom. The highest BCUT2D eigenvalue weighted by Crippen LogP contribution is 2.32. The van der Waals surface area contributed by atoms with Gasteiger partial charge >= 0.3 is 6.36 Å². The Morgan fingerprint density at radius 1 is 1.14 bits per heavy atom. The van der Waals surface area contributed by atoms with E-state index in [2.05, 4.69) is 15.6 Å². The molecule has 2 aromatic rings. The van der Waals surface area contributed by atoms with Crippen LogP contribution in [0.3, 0.4) is 0 Å². The number of phenolic OH excluding ortho intramolecular Hbond substituents is 1. The zero-order valence-electron chi connectivity index (χ0n) is 11.1. The summed E-state index contributed by atoms with van der Waals surface area (Å²) in [6.45, 7) is 0.117. The van der Waals surface area contributed by atoms with Gasteiger partial charge in [-0.25, -0.2) is 5.43 Å². The number of phenols is 1. The molecule has 0 aliphatic carbocycles. The minimum Gasteiger partial charge on any atom is -0.507 e. The summed E-state index contributed by atoms with van der Waals surface area (Å²) in [4.78, 5) is 0. The normalized spacial score (nSPS) is 11.3. The zero-order chi connectivity index (χ0) is 16.2. The average Bonchev–Trinajstić information content (AvgIpc) is 2.43. The van der Waals surface area contributed by atoms with Gasteiger partial charge in [0.05, 0.1) is 3.57 Å². The van der Waals surface area contributed by atoms with Gasteiger partial charge in [0.1, 0.15) is 11.5 Å². The molecule has 0 unspecified atom stereocenters. The number of nitrogens with one attached hydrogen (secondary N) is 2. The fourth-order valence-electron chi connectivity index (χ4n) is 1.72. The summed E-state index contributed by atoms with van der Waals surface area (Å²) in [6.07, 6.45) is -4.77. The second-order valence-corrected chi connectivity index (χ2v) is 5.47. The van der Waals surface area contributed by atoms with Crippen molar-refractivity contribution in [1.29, 1.82) is 0 Å². The molecule has 0 bridgehead atoms. The highest BCUT2D eigenvalue weighted by Gasteiger charge is 2.31. The van der Waals surface area contributed by atoms with Crippen LogP contribution in [-0.4, -0.2) is 11.5 Å². The Labute approximate surface area is 138 Å². The minimum absolute atomic E-state index is 0.0857. The summed E-state index contributed by atoms with van der Waals surface area (Å²) in [6, 6.07) is 11.4. The molecule has 22 heavy (non-hydrogen) atoms. The van der Waals surface area contributed by atoms with Crippen LogP contribution in [0.2, 0.25) is 0 Å². The van der Waals surface area contributed by atoms with Crippen LogP contribution in [0.5, 0.6) is 11.5 Å². The third-order valence-electron chi connectivity index (χ3n) is 2.63.